The minimum absolute atomic E-state index is 0.0668. The number of hydrogen-bond acceptors (Lipinski definition) is 2. The molecule has 1 heterocycles. The highest BCUT2D eigenvalue weighted by Crippen LogP contribution is 2.07. The summed E-state index contributed by atoms with van der Waals surface area (Å²) in [6, 6.07) is 9.10. The fraction of sp³-hybridized carbons (Fsp3) is 0.231. The van der Waals surface area contributed by atoms with E-state index in [9.17, 15) is 9.59 Å². The lowest BCUT2D eigenvalue weighted by atomic mass is 10.1. The minimum atomic E-state index is -0.471. The Bertz CT molecular complexity index is 642. The molecule has 0 saturated carbocycles. The molecule has 0 aliphatic heterocycles. The summed E-state index contributed by atoms with van der Waals surface area (Å²) in [5, 5.41) is 0.0668. The minimum Gasteiger partial charge on any atom is -0.298 e. The Morgan fingerprint density at radius 1 is 1.28 bits per heavy atom. The predicted molar refractivity (Wildman–Crippen MR) is 71.2 cm³/mol. The number of aromatic amines is 1. The molecule has 0 atom stereocenters. The highest BCUT2D eigenvalue weighted by Gasteiger charge is 2.04. The lowest BCUT2D eigenvalue weighted by molar-refractivity contribution is 0.626. The van der Waals surface area contributed by atoms with Crippen molar-refractivity contribution in [3.63, 3.8) is 0 Å². The van der Waals surface area contributed by atoms with E-state index in [0.717, 1.165) is 15.7 Å². The van der Waals surface area contributed by atoms with Gasteiger partial charge in [-0.25, -0.2) is 4.79 Å². The van der Waals surface area contributed by atoms with Gasteiger partial charge in [0.05, 0.1) is 0 Å². The highest BCUT2D eigenvalue weighted by atomic mass is 35.5. The van der Waals surface area contributed by atoms with Crippen LogP contribution >= 0.6 is 11.6 Å². The standard InChI is InChI=1S/C13H13ClN2O2/c1-9-4-2-3-5-10(9)6-7-16-12(17)8-11(14)15-13(16)18/h2-5,8H,6-7H2,1H3,(H,15,18). The van der Waals surface area contributed by atoms with Crippen LogP contribution in [0.1, 0.15) is 11.1 Å². The maximum Gasteiger partial charge on any atom is 0.329 e. The Hall–Kier alpha value is -1.81. The Kier molecular flexibility index (Phi) is 3.67. The predicted octanol–water partition coefficient (Wildman–Crippen LogP) is 1.74. The second kappa shape index (κ2) is 5.23. The van der Waals surface area contributed by atoms with Gasteiger partial charge in [0.2, 0.25) is 0 Å². The third-order valence-corrected chi connectivity index (χ3v) is 3.06. The van der Waals surface area contributed by atoms with E-state index in [0.29, 0.717) is 13.0 Å². The zero-order chi connectivity index (χ0) is 13.1. The number of rotatable bonds is 3. The quantitative estimate of drug-likeness (QED) is 0.859. The zero-order valence-electron chi connectivity index (χ0n) is 9.94. The largest absolute Gasteiger partial charge is 0.329 e. The first-order chi connectivity index (χ1) is 8.58. The van der Waals surface area contributed by atoms with Crippen LogP contribution in [-0.4, -0.2) is 9.55 Å². The van der Waals surface area contributed by atoms with Crippen LogP contribution in [0.25, 0.3) is 0 Å². The van der Waals surface area contributed by atoms with Crippen molar-refractivity contribution in [2.45, 2.75) is 19.9 Å². The van der Waals surface area contributed by atoms with Crippen molar-refractivity contribution in [3.05, 3.63) is 67.4 Å². The first-order valence-corrected chi connectivity index (χ1v) is 6.00. The molecule has 0 bridgehead atoms. The van der Waals surface area contributed by atoms with Gasteiger partial charge in [-0.05, 0) is 24.5 Å². The molecule has 2 aromatic rings. The lowest BCUT2D eigenvalue weighted by Gasteiger charge is -2.07. The van der Waals surface area contributed by atoms with Crippen molar-refractivity contribution in [1.29, 1.82) is 0 Å². The average molecular weight is 265 g/mol. The van der Waals surface area contributed by atoms with Crippen molar-refractivity contribution in [3.8, 4) is 0 Å². The number of halogens is 1. The van der Waals surface area contributed by atoms with E-state index in [-0.39, 0.29) is 10.7 Å². The van der Waals surface area contributed by atoms with E-state index in [1.165, 1.54) is 6.07 Å². The number of hydrogen-bond donors (Lipinski definition) is 1. The fourth-order valence-electron chi connectivity index (χ4n) is 1.83. The van der Waals surface area contributed by atoms with Gasteiger partial charge in [0, 0.05) is 12.6 Å². The van der Waals surface area contributed by atoms with E-state index in [1.54, 1.807) is 0 Å². The molecular formula is C13H13ClN2O2. The first-order valence-electron chi connectivity index (χ1n) is 5.62. The molecule has 4 nitrogen and oxygen atoms in total. The zero-order valence-corrected chi connectivity index (χ0v) is 10.7. The summed E-state index contributed by atoms with van der Waals surface area (Å²) >= 11 is 5.60. The monoisotopic (exact) mass is 264 g/mol. The molecule has 0 saturated heterocycles. The van der Waals surface area contributed by atoms with E-state index < -0.39 is 5.69 Å². The fourth-order valence-corrected chi connectivity index (χ4v) is 2.00. The molecule has 1 aromatic carbocycles. The topological polar surface area (TPSA) is 54.9 Å². The normalized spacial score (nSPS) is 10.6. The SMILES string of the molecule is Cc1ccccc1CCn1c(=O)cc(Cl)[nH]c1=O. The Morgan fingerprint density at radius 2 is 2.00 bits per heavy atom. The second-order valence-electron chi connectivity index (χ2n) is 4.09. The number of nitrogens with one attached hydrogen (secondary N) is 1. The van der Waals surface area contributed by atoms with Gasteiger partial charge in [-0.1, -0.05) is 35.9 Å². The van der Waals surface area contributed by atoms with Crippen LogP contribution in [0.15, 0.2) is 39.9 Å². The molecule has 0 radical (unpaired) electrons. The smallest absolute Gasteiger partial charge is 0.298 e. The van der Waals surface area contributed by atoms with Gasteiger partial charge in [-0.3, -0.25) is 14.3 Å². The number of H-pyrrole nitrogens is 1. The Balaban J connectivity index is 2.24. The van der Waals surface area contributed by atoms with Gasteiger partial charge in [0.1, 0.15) is 5.15 Å². The van der Waals surface area contributed by atoms with Crippen LogP contribution in [-0.2, 0) is 13.0 Å². The molecule has 0 aliphatic rings. The third kappa shape index (κ3) is 2.71. The second-order valence-corrected chi connectivity index (χ2v) is 4.50. The summed E-state index contributed by atoms with van der Waals surface area (Å²) in [6.45, 7) is 2.35. The summed E-state index contributed by atoms with van der Waals surface area (Å²) in [6.07, 6.45) is 0.636. The first kappa shape index (κ1) is 12.6. The van der Waals surface area contributed by atoms with Crippen LogP contribution in [0.3, 0.4) is 0 Å². The molecule has 2 rings (SSSR count). The van der Waals surface area contributed by atoms with Crippen LogP contribution in [0.5, 0.6) is 0 Å². The van der Waals surface area contributed by atoms with Crippen LogP contribution in [0, 0.1) is 6.92 Å². The van der Waals surface area contributed by atoms with Crippen molar-refractivity contribution < 1.29 is 0 Å². The lowest BCUT2D eigenvalue weighted by Crippen LogP contribution is -2.35. The van der Waals surface area contributed by atoms with E-state index in [1.807, 2.05) is 31.2 Å². The van der Waals surface area contributed by atoms with Gasteiger partial charge < -0.3 is 0 Å². The van der Waals surface area contributed by atoms with Crippen molar-refractivity contribution in [2.24, 2.45) is 0 Å². The maximum atomic E-state index is 11.6. The molecule has 94 valence electrons. The molecular weight excluding hydrogens is 252 g/mol. The van der Waals surface area contributed by atoms with Crippen molar-refractivity contribution >= 4 is 11.6 Å². The van der Waals surface area contributed by atoms with Gasteiger partial charge >= 0.3 is 5.69 Å². The van der Waals surface area contributed by atoms with Crippen molar-refractivity contribution in [2.75, 3.05) is 0 Å². The summed E-state index contributed by atoms with van der Waals surface area (Å²) < 4.78 is 1.15. The molecule has 1 N–H and O–H groups in total. The number of nitrogens with zero attached hydrogens (tertiary/aromatic N) is 1. The van der Waals surface area contributed by atoms with E-state index in [2.05, 4.69) is 4.98 Å². The summed E-state index contributed by atoms with van der Waals surface area (Å²) in [7, 11) is 0. The maximum absolute atomic E-state index is 11.6. The van der Waals surface area contributed by atoms with Crippen molar-refractivity contribution in [1.82, 2.24) is 9.55 Å². The van der Waals surface area contributed by atoms with Crippen LogP contribution < -0.4 is 11.2 Å². The molecule has 5 heteroatoms. The molecule has 0 unspecified atom stereocenters. The van der Waals surface area contributed by atoms with E-state index in [4.69, 9.17) is 11.6 Å². The molecule has 18 heavy (non-hydrogen) atoms. The van der Waals surface area contributed by atoms with Gasteiger partial charge in [0.15, 0.2) is 0 Å². The molecule has 0 spiro atoms. The van der Waals surface area contributed by atoms with Gasteiger partial charge in [0.25, 0.3) is 5.56 Å². The number of aromatic nitrogens is 2. The van der Waals surface area contributed by atoms with Gasteiger partial charge in [-0.15, -0.1) is 0 Å². The average Bonchev–Trinajstić information content (AvgIpc) is 2.30. The van der Waals surface area contributed by atoms with E-state index >= 15 is 0 Å². The van der Waals surface area contributed by atoms with Crippen LogP contribution in [0.4, 0.5) is 0 Å². The summed E-state index contributed by atoms with van der Waals surface area (Å²) in [5.74, 6) is 0. The molecule has 0 amide bonds. The number of aryl methyl sites for hydroxylation is 2. The van der Waals surface area contributed by atoms with Crippen LogP contribution in [0.2, 0.25) is 5.15 Å². The summed E-state index contributed by atoms with van der Waals surface area (Å²) in [4.78, 5) is 25.6. The molecule has 1 aromatic heterocycles. The molecule has 0 aliphatic carbocycles. The summed E-state index contributed by atoms with van der Waals surface area (Å²) in [5.41, 5.74) is 1.42. The third-order valence-electron chi connectivity index (χ3n) is 2.85. The number of benzene rings is 1. The highest BCUT2D eigenvalue weighted by molar-refractivity contribution is 6.29. The van der Waals surface area contributed by atoms with Gasteiger partial charge in [-0.2, -0.15) is 0 Å². The Morgan fingerprint density at radius 3 is 2.67 bits per heavy atom. The molecule has 0 fully saturated rings. The Labute approximate surface area is 109 Å².